The zero-order valence-corrected chi connectivity index (χ0v) is 10.8. The molecule has 1 heterocycles. The molecule has 0 radical (unpaired) electrons. The Kier molecular flexibility index (Phi) is 3.25. The molecule has 5 nitrogen and oxygen atoms in total. The van der Waals surface area contributed by atoms with Gasteiger partial charge in [-0.25, -0.2) is 4.98 Å². The zero-order valence-electron chi connectivity index (χ0n) is 10.8. The van der Waals surface area contributed by atoms with Gasteiger partial charge in [0, 0.05) is 11.8 Å². The first kappa shape index (κ1) is 12.7. The third-order valence-corrected chi connectivity index (χ3v) is 3.04. The lowest BCUT2D eigenvalue weighted by Crippen LogP contribution is -2.03. The number of rotatable bonds is 2. The lowest BCUT2D eigenvalue weighted by Gasteiger charge is -2.14. The van der Waals surface area contributed by atoms with Gasteiger partial charge in [0.25, 0.3) is 0 Å². The number of methoxy groups -OCH3 is 1. The van der Waals surface area contributed by atoms with E-state index in [1.807, 2.05) is 31.2 Å². The predicted octanol–water partition coefficient (Wildman–Crippen LogP) is 2.10. The highest BCUT2D eigenvalue weighted by Gasteiger charge is 2.15. The second-order valence-electron chi connectivity index (χ2n) is 4.09. The molecule has 1 aromatic carbocycles. The number of nitrogens with zero attached hydrogens (tertiary/aromatic N) is 2. The maximum Gasteiger partial charge on any atom is 0.133 e. The zero-order chi connectivity index (χ0) is 14.0. The quantitative estimate of drug-likeness (QED) is 0.855. The molecule has 0 saturated carbocycles. The lowest BCUT2D eigenvalue weighted by atomic mass is 9.97. The summed E-state index contributed by atoms with van der Waals surface area (Å²) in [7, 11) is 1.60. The van der Waals surface area contributed by atoms with E-state index >= 15 is 0 Å². The van der Waals surface area contributed by atoms with E-state index in [1.165, 1.54) is 6.20 Å². The van der Waals surface area contributed by atoms with Crippen molar-refractivity contribution in [2.45, 2.75) is 6.92 Å². The van der Waals surface area contributed by atoms with E-state index in [4.69, 9.17) is 21.5 Å². The van der Waals surface area contributed by atoms with Crippen LogP contribution in [0.2, 0.25) is 0 Å². The number of hydrogen-bond donors (Lipinski definition) is 2. The highest BCUT2D eigenvalue weighted by molar-refractivity contribution is 5.89. The fourth-order valence-corrected chi connectivity index (χ4v) is 2.02. The third kappa shape index (κ3) is 2.04. The van der Waals surface area contributed by atoms with Gasteiger partial charge < -0.3 is 16.2 Å². The van der Waals surface area contributed by atoms with Crippen molar-refractivity contribution in [2.75, 3.05) is 18.6 Å². The number of anilines is 2. The molecule has 96 valence electrons. The summed E-state index contributed by atoms with van der Waals surface area (Å²) in [5, 5.41) is 9.02. The minimum Gasteiger partial charge on any atom is -0.496 e. The molecule has 1 aromatic heterocycles. The van der Waals surface area contributed by atoms with Crippen molar-refractivity contribution in [1.82, 2.24) is 4.98 Å². The van der Waals surface area contributed by atoms with Crippen LogP contribution in [0.25, 0.3) is 11.1 Å². The van der Waals surface area contributed by atoms with Crippen molar-refractivity contribution in [3.63, 3.8) is 0 Å². The molecule has 5 heteroatoms. The van der Waals surface area contributed by atoms with Gasteiger partial charge in [0.15, 0.2) is 0 Å². The Morgan fingerprint density at radius 1 is 1.32 bits per heavy atom. The summed E-state index contributed by atoms with van der Waals surface area (Å²) in [5.74, 6) is 1.03. The molecule has 0 aliphatic rings. The molecule has 0 amide bonds. The Balaban J connectivity index is 2.76. The number of pyridine rings is 1. The fourth-order valence-electron chi connectivity index (χ4n) is 2.02. The second kappa shape index (κ2) is 4.86. The number of nitrogens with two attached hydrogens (primary N) is 2. The molecule has 0 aliphatic heterocycles. The van der Waals surface area contributed by atoms with Gasteiger partial charge in [-0.2, -0.15) is 5.26 Å². The Bertz CT molecular complexity index is 674. The summed E-state index contributed by atoms with van der Waals surface area (Å²) in [6.07, 6.45) is 1.38. The molecular formula is C14H14N4O. The van der Waals surface area contributed by atoms with E-state index < -0.39 is 0 Å². The molecular weight excluding hydrogens is 240 g/mol. The number of nitrogen functional groups attached to an aromatic ring is 2. The first-order valence-electron chi connectivity index (χ1n) is 5.68. The highest BCUT2D eigenvalue weighted by atomic mass is 16.5. The second-order valence-corrected chi connectivity index (χ2v) is 4.09. The van der Waals surface area contributed by atoms with E-state index in [9.17, 15) is 0 Å². The van der Waals surface area contributed by atoms with Crippen LogP contribution in [0, 0.1) is 18.3 Å². The van der Waals surface area contributed by atoms with E-state index in [0.717, 1.165) is 16.9 Å². The van der Waals surface area contributed by atoms with Crippen LogP contribution >= 0.6 is 0 Å². The van der Waals surface area contributed by atoms with Gasteiger partial charge in [0.05, 0.1) is 18.4 Å². The van der Waals surface area contributed by atoms with Crippen LogP contribution in [-0.4, -0.2) is 12.1 Å². The number of nitriles is 1. The Morgan fingerprint density at radius 2 is 2.05 bits per heavy atom. The largest absolute Gasteiger partial charge is 0.496 e. The van der Waals surface area contributed by atoms with Crippen molar-refractivity contribution in [3.05, 3.63) is 35.5 Å². The van der Waals surface area contributed by atoms with Crippen molar-refractivity contribution in [2.24, 2.45) is 0 Å². The van der Waals surface area contributed by atoms with E-state index in [1.54, 1.807) is 7.11 Å². The summed E-state index contributed by atoms with van der Waals surface area (Å²) in [5.41, 5.74) is 14.9. The fraction of sp³-hybridized carbons (Fsp3) is 0.143. The first-order valence-corrected chi connectivity index (χ1v) is 5.68. The number of aromatic nitrogens is 1. The van der Waals surface area contributed by atoms with Gasteiger partial charge in [-0.3, -0.25) is 0 Å². The maximum absolute atomic E-state index is 9.02. The topological polar surface area (TPSA) is 98.0 Å². The van der Waals surface area contributed by atoms with Gasteiger partial charge in [-0.1, -0.05) is 12.1 Å². The van der Waals surface area contributed by atoms with E-state index in [0.29, 0.717) is 22.6 Å². The van der Waals surface area contributed by atoms with Crippen LogP contribution in [0.1, 0.15) is 11.1 Å². The van der Waals surface area contributed by atoms with Crippen LogP contribution < -0.4 is 16.2 Å². The normalized spacial score (nSPS) is 9.95. The Morgan fingerprint density at radius 3 is 2.68 bits per heavy atom. The standard InChI is InChI=1S/C14H14N4O/c1-8-10(4-3-5-11(8)19-2)12-13(16)9(6-15)7-18-14(12)17/h3-5,7H,1-2H3,(H4,16,17,18). The summed E-state index contributed by atoms with van der Waals surface area (Å²) in [6, 6.07) is 7.58. The summed E-state index contributed by atoms with van der Waals surface area (Å²) in [4.78, 5) is 4.02. The smallest absolute Gasteiger partial charge is 0.133 e. The number of ether oxygens (including phenoxy) is 1. The monoisotopic (exact) mass is 254 g/mol. The molecule has 4 N–H and O–H groups in total. The van der Waals surface area contributed by atoms with Crippen LogP contribution in [0.4, 0.5) is 11.5 Å². The minimum atomic E-state index is 0.299. The molecule has 0 atom stereocenters. The van der Waals surface area contributed by atoms with Gasteiger partial charge >= 0.3 is 0 Å². The van der Waals surface area contributed by atoms with Crippen molar-refractivity contribution >= 4 is 11.5 Å². The number of benzene rings is 1. The summed E-state index contributed by atoms with van der Waals surface area (Å²) < 4.78 is 5.28. The van der Waals surface area contributed by atoms with Crippen molar-refractivity contribution in [1.29, 1.82) is 5.26 Å². The average molecular weight is 254 g/mol. The molecule has 2 aromatic rings. The number of hydrogen-bond acceptors (Lipinski definition) is 5. The molecule has 0 fully saturated rings. The first-order chi connectivity index (χ1) is 9.10. The minimum absolute atomic E-state index is 0.299. The highest BCUT2D eigenvalue weighted by Crippen LogP contribution is 2.37. The van der Waals surface area contributed by atoms with Crippen LogP contribution in [0.3, 0.4) is 0 Å². The SMILES string of the molecule is COc1cccc(-c2c(N)ncc(C#N)c2N)c1C. The predicted molar refractivity (Wildman–Crippen MR) is 74.5 cm³/mol. The molecule has 0 bridgehead atoms. The summed E-state index contributed by atoms with van der Waals surface area (Å²) in [6.45, 7) is 1.91. The van der Waals surface area contributed by atoms with Gasteiger partial charge in [-0.15, -0.1) is 0 Å². The molecule has 19 heavy (non-hydrogen) atoms. The Hall–Kier alpha value is -2.74. The van der Waals surface area contributed by atoms with E-state index in [2.05, 4.69) is 4.98 Å². The molecule has 0 unspecified atom stereocenters. The van der Waals surface area contributed by atoms with Crippen molar-refractivity contribution < 1.29 is 4.74 Å². The Labute approximate surface area is 111 Å². The third-order valence-electron chi connectivity index (χ3n) is 3.04. The van der Waals surface area contributed by atoms with Crippen molar-refractivity contribution in [3.8, 4) is 22.9 Å². The van der Waals surface area contributed by atoms with Gasteiger partial charge in [-0.05, 0) is 24.1 Å². The van der Waals surface area contributed by atoms with Crippen LogP contribution in [-0.2, 0) is 0 Å². The molecule has 0 saturated heterocycles. The van der Waals surface area contributed by atoms with Gasteiger partial charge in [0.1, 0.15) is 17.6 Å². The molecule has 0 aliphatic carbocycles. The van der Waals surface area contributed by atoms with Crippen LogP contribution in [0.15, 0.2) is 24.4 Å². The molecule has 0 spiro atoms. The maximum atomic E-state index is 9.02. The van der Waals surface area contributed by atoms with Crippen LogP contribution in [0.5, 0.6) is 5.75 Å². The molecule has 2 rings (SSSR count). The van der Waals surface area contributed by atoms with E-state index in [-0.39, 0.29) is 0 Å². The lowest BCUT2D eigenvalue weighted by molar-refractivity contribution is 0.412. The van der Waals surface area contributed by atoms with Gasteiger partial charge in [0.2, 0.25) is 0 Å². The average Bonchev–Trinajstić information content (AvgIpc) is 2.41. The summed E-state index contributed by atoms with van der Waals surface area (Å²) >= 11 is 0.